The lowest BCUT2D eigenvalue weighted by Gasteiger charge is -2.33. The summed E-state index contributed by atoms with van der Waals surface area (Å²) in [5, 5.41) is 0. The van der Waals surface area contributed by atoms with E-state index in [-0.39, 0.29) is 24.2 Å². The summed E-state index contributed by atoms with van der Waals surface area (Å²) in [5.74, 6) is 0.998. The number of carbonyl (C=O) groups is 2. The molecule has 0 aliphatic carbocycles. The molecule has 2 saturated heterocycles. The molecule has 4 rings (SSSR count). The number of rotatable bonds is 6. The largest absolute Gasteiger partial charge is 0.475 e. The fraction of sp³-hybridized carbons (Fsp3) is 0.600. The van der Waals surface area contributed by atoms with Crippen molar-refractivity contribution in [1.82, 2.24) is 14.7 Å². The standard InChI is InChI=1S/C20H27N3O3/c1-21(18-11-10-15-7-2-3-9-17(15)26-18)12-4-5-13-23-19(24)16-8-6-14-22(16)20(23)25/h2-3,7,9,16,18H,4-6,8,10-14H2,1H3/t16?,18-/m0/s1. The van der Waals surface area contributed by atoms with Crippen molar-refractivity contribution < 1.29 is 14.3 Å². The van der Waals surface area contributed by atoms with Crippen LogP contribution in [-0.4, -0.2) is 65.6 Å². The molecule has 6 heteroatoms. The highest BCUT2D eigenvalue weighted by atomic mass is 16.5. The Morgan fingerprint density at radius 1 is 1.19 bits per heavy atom. The van der Waals surface area contributed by atoms with Crippen LogP contribution in [0.3, 0.4) is 0 Å². The van der Waals surface area contributed by atoms with E-state index in [1.54, 1.807) is 4.90 Å². The summed E-state index contributed by atoms with van der Waals surface area (Å²) < 4.78 is 6.11. The van der Waals surface area contributed by atoms with E-state index in [2.05, 4.69) is 24.1 Å². The first-order valence-electron chi connectivity index (χ1n) is 9.72. The maximum Gasteiger partial charge on any atom is 0.327 e. The fourth-order valence-electron chi connectivity index (χ4n) is 4.28. The fourth-order valence-corrected chi connectivity index (χ4v) is 4.28. The second-order valence-corrected chi connectivity index (χ2v) is 7.53. The Hall–Kier alpha value is -2.08. The van der Waals surface area contributed by atoms with E-state index < -0.39 is 0 Å². The Labute approximate surface area is 154 Å². The Morgan fingerprint density at radius 2 is 2.04 bits per heavy atom. The van der Waals surface area contributed by atoms with Gasteiger partial charge in [-0.15, -0.1) is 0 Å². The molecule has 1 aromatic rings. The maximum absolute atomic E-state index is 12.3. The minimum atomic E-state index is -0.180. The van der Waals surface area contributed by atoms with Gasteiger partial charge < -0.3 is 9.64 Å². The summed E-state index contributed by atoms with van der Waals surface area (Å²) in [4.78, 5) is 30.0. The number of hydrogen-bond donors (Lipinski definition) is 0. The molecule has 0 aromatic heterocycles. The van der Waals surface area contributed by atoms with Gasteiger partial charge in [-0.1, -0.05) is 18.2 Å². The van der Waals surface area contributed by atoms with Gasteiger partial charge in [0, 0.05) is 26.1 Å². The highest BCUT2D eigenvalue weighted by Gasteiger charge is 2.46. The minimum absolute atomic E-state index is 0.00748. The maximum atomic E-state index is 12.3. The molecule has 26 heavy (non-hydrogen) atoms. The molecule has 6 nitrogen and oxygen atoms in total. The van der Waals surface area contributed by atoms with Gasteiger partial charge in [0.25, 0.3) is 5.91 Å². The SMILES string of the molecule is CN(CCCCN1C(=O)C2CCCN2C1=O)[C@@H]1CCc2ccccc2O1. The summed E-state index contributed by atoms with van der Waals surface area (Å²) in [6.07, 6.45) is 5.69. The van der Waals surface area contributed by atoms with Crippen molar-refractivity contribution >= 4 is 11.9 Å². The van der Waals surface area contributed by atoms with Gasteiger partial charge in [0.05, 0.1) is 0 Å². The van der Waals surface area contributed by atoms with E-state index in [0.717, 1.165) is 57.4 Å². The van der Waals surface area contributed by atoms with Crippen LogP contribution in [0.5, 0.6) is 5.75 Å². The molecule has 3 heterocycles. The van der Waals surface area contributed by atoms with Crippen molar-refractivity contribution in [3.8, 4) is 5.75 Å². The molecule has 0 bridgehead atoms. The average molecular weight is 357 g/mol. The number of imide groups is 1. The summed E-state index contributed by atoms with van der Waals surface area (Å²) in [5.41, 5.74) is 1.28. The van der Waals surface area contributed by atoms with Crippen LogP contribution < -0.4 is 4.74 Å². The molecule has 0 radical (unpaired) electrons. The van der Waals surface area contributed by atoms with Crippen molar-refractivity contribution in [2.75, 3.05) is 26.7 Å². The van der Waals surface area contributed by atoms with Gasteiger partial charge in [-0.3, -0.25) is 14.6 Å². The average Bonchev–Trinajstić information content (AvgIpc) is 3.23. The van der Waals surface area contributed by atoms with E-state index in [1.165, 1.54) is 10.5 Å². The topological polar surface area (TPSA) is 53.1 Å². The van der Waals surface area contributed by atoms with Crippen LogP contribution in [0, 0.1) is 0 Å². The third-order valence-electron chi connectivity index (χ3n) is 5.81. The van der Waals surface area contributed by atoms with Crippen molar-refractivity contribution in [1.29, 1.82) is 0 Å². The van der Waals surface area contributed by atoms with Crippen LogP contribution in [0.4, 0.5) is 4.79 Å². The van der Waals surface area contributed by atoms with Crippen LogP contribution in [0.1, 0.15) is 37.7 Å². The molecule has 1 aromatic carbocycles. The van der Waals surface area contributed by atoms with E-state index in [4.69, 9.17) is 4.74 Å². The normalized spacial score (nSPS) is 24.8. The second-order valence-electron chi connectivity index (χ2n) is 7.53. The number of carbonyl (C=O) groups excluding carboxylic acids is 2. The number of para-hydroxylation sites is 1. The number of urea groups is 1. The van der Waals surface area contributed by atoms with Gasteiger partial charge >= 0.3 is 6.03 Å². The number of nitrogens with zero attached hydrogens (tertiary/aromatic N) is 3. The Balaban J connectivity index is 1.22. The molecule has 0 N–H and O–H groups in total. The first kappa shape index (κ1) is 17.3. The van der Waals surface area contributed by atoms with Gasteiger partial charge in [0.2, 0.25) is 0 Å². The van der Waals surface area contributed by atoms with E-state index in [1.807, 2.05) is 12.1 Å². The van der Waals surface area contributed by atoms with Gasteiger partial charge in [0.15, 0.2) is 6.23 Å². The lowest BCUT2D eigenvalue weighted by Crippen LogP contribution is -2.40. The lowest BCUT2D eigenvalue weighted by atomic mass is 10.0. The number of benzene rings is 1. The van der Waals surface area contributed by atoms with E-state index >= 15 is 0 Å². The summed E-state index contributed by atoms with van der Waals surface area (Å²) in [6, 6.07) is 7.96. The van der Waals surface area contributed by atoms with Crippen LogP contribution in [-0.2, 0) is 11.2 Å². The molecule has 140 valence electrons. The number of ether oxygens (including phenoxy) is 1. The third-order valence-corrected chi connectivity index (χ3v) is 5.81. The van der Waals surface area contributed by atoms with Crippen molar-refractivity contribution in [2.24, 2.45) is 0 Å². The zero-order chi connectivity index (χ0) is 18.1. The highest BCUT2D eigenvalue weighted by molar-refractivity contribution is 6.04. The highest BCUT2D eigenvalue weighted by Crippen LogP contribution is 2.29. The number of amides is 3. The predicted molar refractivity (Wildman–Crippen MR) is 97.9 cm³/mol. The quantitative estimate of drug-likeness (QED) is 0.580. The summed E-state index contributed by atoms with van der Waals surface area (Å²) in [6.45, 7) is 2.16. The third kappa shape index (κ3) is 3.18. The first-order valence-corrected chi connectivity index (χ1v) is 9.72. The minimum Gasteiger partial charge on any atom is -0.475 e. The van der Waals surface area contributed by atoms with Gasteiger partial charge in [-0.05, 0) is 50.8 Å². The number of fused-ring (bicyclic) bond motifs is 2. The van der Waals surface area contributed by atoms with Gasteiger partial charge in [-0.25, -0.2) is 4.79 Å². The molecule has 0 saturated carbocycles. The van der Waals surface area contributed by atoms with Gasteiger partial charge in [0.1, 0.15) is 11.8 Å². The predicted octanol–water partition coefficient (Wildman–Crippen LogP) is 2.48. The van der Waals surface area contributed by atoms with Crippen LogP contribution in [0.15, 0.2) is 24.3 Å². The van der Waals surface area contributed by atoms with E-state index in [0.29, 0.717) is 6.54 Å². The molecule has 3 amide bonds. The molecule has 0 spiro atoms. The Morgan fingerprint density at radius 3 is 2.88 bits per heavy atom. The van der Waals surface area contributed by atoms with Crippen LogP contribution in [0.2, 0.25) is 0 Å². The number of aryl methyl sites for hydroxylation is 1. The monoisotopic (exact) mass is 357 g/mol. The molecular weight excluding hydrogens is 330 g/mol. The summed E-state index contributed by atoms with van der Waals surface area (Å²) >= 11 is 0. The Kier molecular flexibility index (Phi) is 4.85. The Bertz CT molecular complexity index is 671. The van der Waals surface area contributed by atoms with Crippen molar-refractivity contribution in [3.63, 3.8) is 0 Å². The second kappa shape index (κ2) is 7.27. The molecule has 2 atom stereocenters. The summed E-state index contributed by atoms with van der Waals surface area (Å²) in [7, 11) is 2.08. The molecule has 3 aliphatic rings. The number of hydrogen-bond acceptors (Lipinski definition) is 4. The number of unbranched alkanes of at least 4 members (excludes halogenated alkanes) is 1. The lowest BCUT2D eigenvalue weighted by molar-refractivity contribution is -0.128. The van der Waals surface area contributed by atoms with Gasteiger partial charge in [-0.2, -0.15) is 0 Å². The first-order chi connectivity index (χ1) is 12.6. The van der Waals surface area contributed by atoms with Crippen LogP contribution >= 0.6 is 0 Å². The van der Waals surface area contributed by atoms with E-state index in [9.17, 15) is 9.59 Å². The molecule has 3 aliphatic heterocycles. The zero-order valence-corrected chi connectivity index (χ0v) is 15.4. The molecule has 1 unspecified atom stereocenters. The van der Waals surface area contributed by atoms with Crippen molar-refractivity contribution in [2.45, 2.75) is 50.8 Å². The zero-order valence-electron chi connectivity index (χ0n) is 15.4. The molecular formula is C20H27N3O3. The smallest absolute Gasteiger partial charge is 0.327 e. The van der Waals surface area contributed by atoms with Crippen molar-refractivity contribution in [3.05, 3.63) is 29.8 Å². The van der Waals surface area contributed by atoms with Crippen LogP contribution in [0.25, 0.3) is 0 Å². The molecule has 2 fully saturated rings.